The number of hydrogen-bond donors (Lipinski definition) is 3. The Morgan fingerprint density at radius 2 is 2.05 bits per heavy atom. The van der Waals surface area contributed by atoms with Crippen molar-refractivity contribution >= 4 is 29.2 Å². The van der Waals surface area contributed by atoms with Crippen LogP contribution in [0.25, 0.3) is 0 Å². The van der Waals surface area contributed by atoms with Crippen LogP contribution in [0.1, 0.15) is 20.3 Å². The van der Waals surface area contributed by atoms with E-state index in [1.54, 1.807) is 31.2 Å². The summed E-state index contributed by atoms with van der Waals surface area (Å²) in [5.41, 5.74) is 0.621. The summed E-state index contributed by atoms with van der Waals surface area (Å²) in [6, 6.07) is 5.93. The molecule has 0 aliphatic heterocycles. The van der Waals surface area contributed by atoms with Crippen LogP contribution in [0.15, 0.2) is 24.3 Å². The fourth-order valence-electron chi connectivity index (χ4n) is 1.61. The van der Waals surface area contributed by atoms with E-state index in [0.717, 1.165) is 0 Å². The second kappa shape index (κ2) is 7.11. The Hall–Kier alpha value is -1.59. The van der Waals surface area contributed by atoms with Crippen molar-refractivity contribution in [2.75, 3.05) is 5.32 Å². The highest BCUT2D eigenvalue weighted by Crippen LogP contribution is 2.15. The zero-order chi connectivity index (χ0) is 14.4. The van der Waals surface area contributed by atoms with Crippen molar-refractivity contribution < 1.29 is 14.7 Å². The summed E-state index contributed by atoms with van der Waals surface area (Å²) >= 11 is 5.81. The number of aliphatic carboxylic acids is 1. The average Bonchev–Trinajstić information content (AvgIpc) is 2.27. The minimum Gasteiger partial charge on any atom is -0.480 e. The van der Waals surface area contributed by atoms with E-state index in [-0.39, 0.29) is 18.4 Å². The molecule has 0 heterocycles. The van der Waals surface area contributed by atoms with Gasteiger partial charge in [0.15, 0.2) is 0 Å². The molecule has 1 amide bonds. The molecule has 0 radical (unpaired) electrons. The van der Waals surface area contributed by atoms with Crippen molar-refractivity contribution in [2.45, 2.75) is 32.4 Å². The van der Waals surface area contributed by atoms with Gasteiger partial charge in [0.05, 0.1) is 0 Å². The second-order valence-corrected chi connectivity index (χ2v) is 4.83. The summed E-state index contributed by atoms with van der Waals surface area (Å²) in [5.74, 6) is -1.14. The minimum atomic E-state index is -0.943. The predicted octanol–water partition coefficient (Wildman–Crippen LogP) is 2.12. The molecule has 19 heavy (non-hydrogen) atoms. The van der Waals surface area contributed by atoms with E-state index in [0.29, 0.717) is 10.7 Å². The monoisotopic (exact) mass is 284 g/mol. The number of halogens is 1. The van der Waals surface area contributed by atoms with E-state index in [1.165, 1.54) is 6.92 Å². The van der Waals surface area contributed by atoms with Crippen LogP contribution in [0.4, 0.5) is 5.69 Å². The van der Waals surface area contributed by atoms with Gasteiger partial charge in [0.1, 0.15) is 6.04 Å². The van der Waals surface area contributed by atoms with Crippen molar-refractivity contribution in [2.24, 2.45) is 0 Å². The van der Waals surface area contributed by atoms with Crippen LogP contribution in [-0.2, 0) is 9.59 Å². The van der Waals surface area contributed by atoms with E-state index in [1.807, 2.05) is 0 Å². The Morgan fingerprint density at radius 1 is 1.37 bits per heavy atom. The molecule has 1 unspecified atom stereocenters. The highest BCUT2D eigenvalue weighted by Gasteiger charge is 2.16. The molecule has 0 aliphatic carbocycles. The lowest BCUT2D eigenvalue weighted by Gasteiger charge is -2.16. The van der Waals surface area contributed by atoms with Gasteiger partial charge in [0.2, 0.25) is 5.91 Å². The van der Waals surface area contributed by atoms with Crippen molar-refractivity contribution in [3.05, 3.63) is 29.3 Å². The number of carboxylic acids is 1. The number of nitrogens with one attached hydrogen (secondary N) is 2. The molecule has 1 aromatic rings. The number of benzene rings is 1. The van der Waals surface area contributed by atoms with Gasteiger partial charge in [0.25, 0.3) is 0 Å². The first-order valence-electron chi connectivity index (χ1n) is 5.92. The SMILES string of the molecule is CC(CC(=O)Nc1cccc(Cl)c1)N[C@@H](C)C(=O)O. The lowest BCUT2D eigenvalue weighted by molar-refractivity contribution is -0.139. The Balaban J connectivity index is 2.45. The minimum absolute atomic E-state index is 0.185. The van der Waals surface area contributed by atoms with Crippen molar-refractivity contribution in [1.82, 2.24) is 5.32 Å². The summed E-state index contributed by atoms with van der Waals surface area (Å²) in [4.78, 5) is 22.4. The molecule has 0 fully saturated rings. The van der Waals surface area contributed by atoms with Crippen LogP contribution in [0.5, 0.6) is 0 Å². The Labute approximate surface area is 117 Å². The van der Waals surface area contributed by atoms with Gasteiger partial charge in [-0.2, -0.15) is 0 Å². The third-order valence-electron chi connectivity index (χ3n) is 2.50. The van der Waals surface area contributed by atoms with Crippen LogP contribution in [0.3, 0.4) is 0 Å². The van der Waals surface area contributed by atoms with Gasteiger partial charge in [-0.25, -0.2) is 0 Å². The standard InChI is InChI=1S/C13H17ClN2O3/c1-8(15-9(2)13(18)19)6-12(17)16-11-5-3-4-10(14)7-11/h3-5,7-9,15H,6H2,1-2H3,(H,16,17)(H,18,19)/t8?,9-/m0/s1. The number of anilines is 1. The number of amides is 1. The third-order valence-corrected chi connectivity index (χ3v) is 2.74. The van der Waals surface area contributed by atoms with E-state index < -0.39 is 12.0 Å². The number of hydrogen-bond acceptors (Lipinski definition) is 3. The zero-order valence-electron chi connectivity index (χ0n) is 10.8. The lowest BCUT2D eigenvalue weighted by Crippen LogP contribution is -2.41. The Bertz CT molecular complexity index is 465. The molecule has 6 heteroatoms. The number of carbonyl (C=O) groups excluding carboxylic acids is 1. The van der Waals surface area contributed by atoms with E-state index in [2.05, 4.69) is 10.6 Å². The first-order chi connectivity index (χ1) is 8.88. The average molecular weight is 285 g/mol. The van der Waals surface area contributed by atoms with E-state index >= 15 is 0 Å². The normalized spacial score (nSPS) is 13.6. The van der Waals surface area contributed by atoms with Gasteiger partial charge in [-0.05, 0) is 32.0 Å². The van der Waals surface area contributed by atoms with Crippen LogP contribution >= 0.6 is 11.6 Å². The summed E-state index contributed by atoms with van der Waals surface area (Å²) in [7, 11) is 0. The molecule has 1 aromatic carbocycles. The molecule has 5 nitrogen and oxygen atoms in total. The van der Waals surface area contributed by atoms with Crippen molar-refractivity contribution in [3.8, 4) is 0 Å². The second-order valence-electron chi connectivity index (χ2n) is 4.39. The molecule has 0 aliphatic rings. The van der Waals surface area contributed by atoms with E-state index in [9.17, 15) is 9.59 Å². The fourth-order valence-corrected chi connectivity index (χ4v) is 1.80. The van der Waals surface area contributed by atoms with Crippen LogP contribution in [0, 0.1) is 0 Å². The van der Waals surface area contributed by atoms with Crippen LogP contribution in [-0.4, -0.2) is 29.1 Å². The molecule has 1 rings (SSSR count). The maximum Gasteiger partial charge on any atom is 0.320 e. The molecular weight excluding hydrogens is 268 g/mol. The smallest absolute Gasteiger partial charge is 0.320 e. The molecular formula is C13H17ClN2O3. The molecule has 0 bridgehead atoms. The Morgan fingerprint density at radius 3 is 2.63 bits per heavy atom. The van der Waals surface area contributed by atoms with Crippen LogP contribution in [0.2, 0.25) is 5.02 Å². The predicted molar refractivity (Wildman–Crippen MR) is 74.4 cm³/mol. The highest BCUT2D eigenvalue weighted by atomic mass is 35.5. The number of rotatable bonds is 6. The molecule has 3 N–H and O–H groups in total. The van der Waals surface area contributed by atoms with Gasteiger partial charge in [-0.3, -0.25) is 9.59 Å². The summed E-state index contributed by atoms with van der Waals surface area (Å²) in [6.45, 7) is 3.30. The topological polar surface area (TPSA) is 78.4 Å². The highest BCUT2D eigenvalue weighted by molar-refractivity contribution is 6.30. The molecule has 104 valence electrons. The van der Waals surface area contributed by atoms with Gasteiger partial charge in [0, 0.05) is 23.2 Å². The largest absolute Gasteiger partial charge is 0.480 e. The van der Waals surface area contributed by atoms with Gasteiger partial charge < -0.3 is 15.7 Å². The summed E-state index contributed by atoms with van der Waals surface area (Å²) in [6.07, 6.45) is 0.185. The lowest BCUT2D eigenvalue weighted by atomic mass is 10.2. The maximum atomic E-state index is 11.7. The first-order valence-corrected chi connectivity index (χ1v) is 6.30. The maximum absolute atomic E-state index is 11.7. The third kappa shape index (κ3) is 5.72. The van der Waals surface area contributed by atoms with Crippen molar-refractivity contribution in [3.63, 3.8) is 0 Å². The quantitative estimate of drug-likeness (QED) is 0.748. The fraction of sp³-hybridized carbons (Fsp3) is 0.385. The van der Waals surface area contributed by atoms with Gasteiger partial charge >= 0.3 is 5.97 Å². The van der Waals surface area contributed by atoms with Crippen molar-refractivity contribution in [1.29, 1.82) is 0 Å². The summed E-state index contributed by atoms with van der Waals surface area (Å²) < 4.78 is 0. The molecule has 0 spiro atoms. The summed E-state index contributed by atoms with van der Waals surface area (Å²) in [5, 5.41) is 14.8. The molecule has 0 saturated carbocycles. The van der Waals surface area contributed by atoms with Gasteiger partial charge in [-0.15, -0.1) is 0 Å². The van der Waals surface area contributed by atoms with E-state index in [4.69, 9.17) is 16.7 Å². The Kier molecular flexibility index (Phi) is 5.79. The molecule has 0 aromatic heterocycles. The van der Waals surface area contributed by atoms with Crippen LogP contribution < -0.4 is 10.6 Å². The number of carbonyl (C=O) groups is 2. The zero-order valence-corrected chi connectivity index (χ0v) is 11.6. The first kappa shape index (κ1) is 15.5. The molecule has 2 atom stereocenters. The number of carboxylic acid groups (broad SMARTS) is 1. The van der Waals surface area contributed by atoms with Gasteiger partial charge in [-0.1, -0.05) is 17.7 Å². The molecule has 0 saturated heterocycles.